The Bertz CT molecular complexity index is 506. The van der Waals surface area contributed by atoms with E-state index in [2.05, 4.69) is 27.8 Å². The minimum Gasteiger partial charge on any atom is -0.478 e. The summed E-state index contributed by atoms with van der Waals surface area (Å²) < 4.78 is 6.45. The van der Waals surface area contributed by atoms with Crippen LogP contribution in [0.2, 0.25) is 0 Å². The molecule has 1 fully saturated rings. The van der Waals surface area contributed by atoms with Gasteiger partial charge in [0.05, 0.1) is 11.2 Å². The molecule has 1 unspecified atom stereocenters. The SMILES string of the molecule is COC1(C)CCCN(Cc2ccc(C(=O)O)cc2Br)C1. The van der Waals surface area contributed by atoms with Gasteiger partial charge in [-0.1, -0.05) is 22.0 Å². The molecule has 4 nitrogen and oxygen atoms in total. The van der Waals surface area contributed by atoms with Crippen molar-refractivity contribution >= 4 is 21.9 Å². The Morgan fingerprint density at radius 2 is 2.30 bits per heavy atom. The second-order valence-corrected chi connectivity index (χ2v) is 6.43. The van der Waals surface area contributed by atoms with Crippen LogP contribution < -0.4 is 0 Å². The van der Waals surface area contributed by atoms with Crippen molar-refractivity contribution in [3.05, 3.63) is 33.8 Å². The van der Waals surface area contributed by atoms with Crippen molar-refractivity contribution < 1.29 is 14.6 Å². The third-order valence-electron chi connectivity index (χ3n) is 3.92. The molecule has 0 aromatic heterocycles. The zero-order valence-corrected chi connectivity index (χ0v) is 13.4. The fourth-order valence-corrected chi connectivity index (χ4v) is 3.16. The number of piperidine rings is 1. The lowest BCUT2D eigenvalue weighted by Crippen LogP contribution is -2.46. The first-order chi connectivity index (χ1) is 9.43. The Hall–Kier alpha value is -0.910. The van der Waals surface area contributed by atoms with Gasteiger partial charge in [0.25, 0.3) is 0 Å². The number of methoxy groups -OCH3 is 1. The summed E-state index contributed by atoms with van der Waals surface area (Å²) in [6, 6.07) is 5.20. The van der Waals surface area contributed by atoms with Crippen LogP contribution in [0.25, 0.3) is 0 Å². The van der Waals surface area contributed by atoms with E-state index in [4.69, 9.17) is 9.84 Å². The molecule has 0 aliphatic carbocycles. The highest BCUT2D eigenvalue weighted by molar-refractivity contribution is 9.10. The number of hydrogen-bond donors (Lipinski definition) is 1. The van der Waals surface area contributed by atoms with Crippen LogP contribution >= 0.6 is 15.9 Å². The number of likely N-dealkylation sites (tertiary alicyclic amines) is 1. The van der Waals surface area contributed by atoms with Crippen molar-refractivity contribution in [2.24, 2.45) is 0 Å². The van der Waals surface area contributed by atoms with Crippen molar-refractivity contribution in [1.82, 2.24) is 4.90 Å². The maximum Gasteiger partial charge on any atom is 0.335 e. The van der Waals surface area contributed by atoms with Crippen molar-refractivity contribution in [1.29, 1.82) is 0 Å². The van der Waals surface area contributed by atoms with Gasteiger partial charge in [-0.05, 0) is 44.0 Å². The quantitative estimate of drug-likeness (QED) is 0.913. The third kappa shape index (κ3) is 3.59. The largest absolute Gasteiger partial charge is 0.478 e. The van der Waals surface area contributed by atoms with Crippen LogP contribution in [0, 0.1) is 0 Å². The summed E-state index contributed by atoms with van der Waals surface area (Å²) in [4.78, 5) is 13.3. The van der Waals surface area contributed by atoms with Gasteiger partial charge < -0.3 is 9.84 Å². The second-order valence-electron chi connectivity index (χ2n) is 5.58. The van der Waals surface area contributed by atoms with Crippen molar-refractivity contribution in [3.63, 3.8) is 0 Å². The highest BCUT2D eigenvalue weighted by Crippen LogP contribution is 2.27. The molecule has 1 aromatic carbocycles. The van der Waals surface area contributed by atoms with Crippen LogP contribution in [0.5, 0.6) is 0 Å². The number of hydrogen-bond acceptors (Lipinski definition) is 3. The highest BCUT2D eigenvalue weighted by Gasteiger charge is 2.30. The van der Waals surface area contributed by atoms with Gasteiger partial charge in [-0.3, -0.25) is 4.90 Å². The molecule has 5 heteroatoms. The molecule has 1 aromatic rings. The number of nitrogens with zero attached hydrogens (tertiary/aromatic N) is 1. The van der Waals surface area contributed by atoms with Gasteiger partial charge >= 0.3 is 5.97 Å². The standard InChI is InChI=1S/C15H20BrNO3/c1-15(20-2)6-3-7-17(10-15)9-12-5-4-11(14(18)19)8-13(12)16/h4-5,8H,3,6-7,9-10H2,1-2H3,(H,18,19). The molecule has 110 valence electrons. The van der Waals surface area contributed by atoms with Crippen LogP contribution in [0.1, 0.15) is 35.7 Å². The minimum absolute atomic E-state index is 0.0776. The van der Waals surface area contributed by atoms with Crippen LogP contribution in [0.4, 0.5) is 0 Å². The summed E-state index contributed by atoms with van der Waals surface area (Å²) in [6.07, 6.45) is 2.20. The average Bonchev–Trinajstić information content (AvgIpc) is 2.41. The summed E-state index contributed by atoms with van der Waals surface area (Å²) in [7, 11) is 1.76. The summed E-state index contributed by atoms with van der Waals surface area (Å²) in [6.45, 7) is 4.89. The number of rotatable bonds is 4. The highest BCUT2D eigenvalue weighted by atomic mass is 79.9. The zero-order chi connectivity index (χ0) is 14.8. The molecule has 2 rings (SSSR count). The summed E-state index contributed by atoms with van der Waals surface area (Å²) in [5.74, 6) is -0.901. The van der Waals surface area contributed by atoms with Crippen LogP contribution in [0.15, 0.2) is 22.7 Å². The third-order valence-corrected chi connectivity index (χ3v) is 4.66. The first kappa shape index (κ1) is 15.5. The lowest BCUT2D eigenvalue weighted by atomic mass is 9.94. The Labute approximate surface area is 127 Å². The maximum atomic E-state index is 10.9. The van der Waals surface area contributed by atoms with Gasteiger partial charge in [-0.15, -0.1) is 0 Å². The Morgan fingerprint density at radius 1 is 1.55 bits per heavy atom. The monoisotopic (exact) mass is 341 g/mol. The van der Waals surface area contributed by atoms with E-state index in [0.717, 1.165) is 42.5 Å². The lowest BCUT2D eigenvalue weighted by Gasteiger charge is -2.39. The predicted octanol–water partition coefficient (Wildman–Crippen LogP) is 3.15. The van der Waals surface area contributed by atoms with Gasteiger partial charge in [0, 0.05) is 24.7 Å². The van der Waals surface area contributed by atoms with Crippen molar-refractivity contribution in [3.8, 4) is 0 Å². The van der Waals surface area contributed by atoms with E-state index < -0.39 is 5.97 Å². The first-order valence-electron chi connectivity index (χ1n) is 6.73. The van der Waals surface area contributed by atoms with Crippen LogP contribution in [-0.4, -0.2) is 41.8 Å². The van der Waals surface area contributed by atoms with Gasteiger partial charge in [0.1, 0.15) is 0 Å². The fraction of sp³-hybridized carbons (Fsp3) is 0.533. The molecule has 1 atom stereocenters. The second kappa shape index (κ2) is 6.24. The average molecular weight is 342 g/mol. The summed E-state index contributed by atoms with van der Waals surface area (Å²) >= 11 is 3.47. The number of halogens is 1. The Morgan fingerprint density at radius 3 is 2.90 bits per heavy atom. The molecular formula is C15H20BrNO3. The number of carboxylic acids is 1. The summed E-state index contributed by atoms with van der Waals surface area (Å²) in [5.41, 5.74) is 1.34. The van der Waals surface area contributed by atoms with Gasteiger partial charge in [0.2, 0.25) is 0 Å². The molecule has 0 radical (unpaired) electrons. The van der Waals surface area contributed by atoms with E-state index in [1.165, 1.54) is 0 Å². The van der Waals surface area contributed by atoms with Crippen molar-refractivity contribution in [2.45, 2.75) is 31.9 Å². The molecular weight excluding hydrogens is 322 g/mol. The molecule has 1 N–H and O–H groups in total. The van der Waals surface area contributed by atoms with E-state index in [0.29, 0.717) is 5.56 Å². The Kier molecular flexibility index (Phi) is 4.83. The fourth-order valence-electron chi connectivity index (χ4n) is 2.66. The molecule has 1 heterocycles. The predicted molar refractivity (Wildman–Crippen MR) is 81.0 cm³/mol. The lowest BCUT2D eigenvalue weighted by molar-refractivity contribution is -0.0527. The van der Waals surface area contributed by atoms with E-state index in [1.54, 1.807) is 19.2 Å². The van der Waals surface area contributed by atoms with E-state index in [-0.39, 0.29) is 5.60 Å². The topological polar surface area (TPSA) is 49.8 Å². The number of benzene rings is 1. The zero-order valence-electron chi connectivity index (χ0n) is 11.9. The molecule has 0 saturated carbocycles. The molecule has 1 aliphatic rings. The normalized spacial score (nSPS) is 23.8. The number of carbonyl (C=O) groups is 1. The minimum atomic E-state index is -0.901. The van der Waals surface area contributed by atoms with Crippen molar-refractivity contribution in [2.75, 3.05) is 20.2 Å². The molecule has 1 saturated heterocycles. The maximum absolute atomic E-state index is 10.9. The molecule has 0 spiro atoms. The summed E-state index contributed by atoms with van der Waals surface area (Å²) in [5, 5.41) is 8.97. The molecule has 0 bridgehead atoms. The van der Waals surface area contributed by atoms with Gasteiger partial charge in [-0.25, -0.2) is 4.79 Å². The molecule has 0 amide bonds. The number of ether oxygens (including phenoxy) is 1. The van der Waals surface area contributed by atoms with E-state index in [1.807, 2.05) is 6.07 Å². The smallest absolute Gasteiger partial charge is 0.335 e. The number of aromatic carboxylic acids is 1. The van der Waals surface area contributed by atoms with E-state index in [9.17, 15) is 4.79 Å². The van der Waals surface area contributed by atoms with Crippen LogP contribution in [-0.2, 0) is 11.3 Å². The van der Waals surface area contributed by atoms with E-state index >= 15 is 0 Å². The van der Waals surface area contributed by atoms with Gasteiger partial charge in [0.15, 0.2) is 0 Å². The van der Waals surface area contributed by atoms with Gasteiger partial charge in [-0.2, -0.15) is 0 Å². The molecule has 1 aliphatic heterocycles. The number of carboxylic acid groups (broad SMARTS) is 1. The van der Waals surface area contributed by atoms with Crippen LogP contribution in [0.3, 0.4) is 0 Å². The Balaban J connectivity index is 2.08. The molecule has 20 heavy (non-hydrogen) atoms. The first-order valence-corrected chi connectivity index (χ1v) is 7.52.